The Balaban J connectivity index is 2.51. The lowest BCUT2D eigenvalue weighted by Crippen LogP contribution is -2.43. The predicted octanol–water partition coefficient (Wildman–Crippen LogP) is -2.62. The first-order chi connectivity index (χ1) is 7.47. The SMILES string of the molecule is NO[C@H]1[C@@H](O)[C@@H]([C@H](O)COC(=O)O)O[C@@H]1O. The molecule has 1 fully saturated rings. The molecule has 0 spiro atoms. The second-order valence-electron chi connectivity index (χ2n) is 3.23. The minimum atomic E-state index is -1.57. The molecule has 0 aromatic rings. The highest BCUT2D eigenvalue weighted by Crippen LogP contribution is 2.23. The molecule has 0 unspecified atom stereocenters. The van der Waals surface area contributed by atoms with Crippen molar-refractivity contribution < 1.29 is 39.5 Å². The number of aliphatic hydroxyl groups excluding tert-OH is 3. The molecule has 0 aromatic carbocycles. The van der Waals surface area contributed by atoms with Crippen molar-refractivity contribution in [3.8, 4) is 0 Å². The fourth-order valence-corrected chi connectivity index (χ4v) is 1.39. The van der Waals surface area contributed by atoms with Crippen LogP contribution in [0.25, 0.3) is 0 Å². The Morgan fingerprint density at radius 3 is 2.56 bits per heavy atom. The maximum Gasteiger partial charge on any atom is 0.505 e. The van der Waals surface area contributed by atoms with Crippen LogP contribution in [0.1, 0.15) is 0 Å². The number of ether oxygens (including phenoxy) is 2. The van der Waals surface area contributed by atoms with Crippen molar-refractivity contribution in [1.29, 1.82) is 0 Å². The monoisotopic (exact) mass is 239 g/mol. The van der Waals surface area contributed by atoms with Gasteiger partial charge in [0.05, 0.1) is 0 Å². The second kappa shape index (κ2) is 5.39. The molecule has 0 aliphatic carbocycles. The summed E-state index contributed by atoms with van der Waals surface area (Å²) in [5.74, 6) is 4.79. The predicted molar refractivity (Wildman–Crippen MR) is 45.9 cm³/mol. The van der Waals surface area contributed by atoms with Gasteiger partial charge in [-0.25, -0.2) is 10.7 Å². The van der Waals surface area contributed by atoms with Gasteiger partial charge in [0, 0.05) is 0 Å². The molecule has 6 N–H and O–H groups in total. The van der Waals surface area contributed by atoms with Gasteiger partial charge in [0.2, 0.25) is 0 Å². The normalized spacial score (nSPS) is 36.0. The van der Waals surface area contributed by atoms with E-state index in [4.69, 9.17) is 15.7 Å². The van der Waals surface area contributed by atoms with E-state index in [-0.39, 0.29) is 0 Å². The summed E-state index contributed by atoms with van der Waals surface area (Å²) in [6.07, 6.45) is -8.32. The van der Waals surface area contributed by atoms with Gasteiger partial charge >= 0.3 is 6.16 Å². The van der Waals surface area contributed by atoms with Crippen molar-refractivity contribution in [1.82, 2.24) is 0 Å². The molecule has 0 saturated carbocycles. The number of hydrogen-bond donors (Lipinski definition) is 5. The van der Waals surface area contributed by atoms with Crippen LogP contribution in [0.15, 0.2) is 0 Å². The molecule has 0 aromatic heterocycles. The molecule has 9 nitrogen and oxygen atoms in total. The van der Waals surface area contributed by atoms with E-state index in [9.17, 15) is 20.1 Å². The molecular formula is C7H13NO8. The minimum Gasteiger partial charge on any atom is -0.450 e. The van der Waals surface area contributed by atoms with Gasteiger partial charge in [-0.1, -0.05) is 0 Å². The first-order valence-corrected chi connectivity index (χ1v) is 4.38. The molecule has 1 aliphatic rings. The maximum atomic E-state index is 10.1. The Hall–Kier alpha value is -0.970. The summed E-state index contributed by atoms with van der Waals surface area (Å²) < 4.78 is 8.84. The fraction of sp³-hybridized carbons (Fsp3) is 0.857. The van der Waals surface area contributed by atoms with E-state index in [1.165, 1.54) is 0 Å². The standard InChI is InChI=1S/C7H13NO8/c8-16-5-3(10)4(15-6(5)11)2(9)1-14-7(12)13/h2-6,9-11H,1,8H2,(H,12,13)/t2-,3+,4-,5+,6+/m1/s1. The lowest BCUT2D eigenvalue weighted by Gasteiger charge is -2.20. The van der Waals surface area contributed by atoms with Gasteiger partial charge in [0.1, 0.15) is 24.9 Å². The summed E-state index contributed by atoms with van der Waals surface area (Å²) in [6, 6.07) is 0. The Morgan fingerprint density at radius 2 is 2.12 bits per heavy atom. The van der Waals surface area contributed by atoms with Crippen molar-refractivity contribution in [3.05, 3.63) is 0 Å². The van der Waals surface area contributed by atoms with Gasteiger partial charge in [0.25, 0.3) is 0 Å². The zero-order chi connectivity index (χ0) is 12.3. The Kier molecular flexibility index (Phi) is 4.41. The topological polar surface area (TPSA) is 152 Å². The summed E-state index contributed by atoms with van der Waals surface area (Å²) in [7, 11) is 0. The van der Waals surface area contributed by atoms with Crippen LogP contribution in [0, 0.1) is 0 Å². The van der Waals surface area contributed by atoms with Crippen LogP contribution in [0.5, 0.6) is 0 Å². The van der Waals surface area contributed by atoms with Crippen molar-refractivity contribution >= 4 is 6.16 Å². The number of carboxylic acid groups (broad SMARTS) is 1. The Morgan fingerprint density at radius 1 is 1.50 bits per heavy atom. The second-order valence-corrected chi connectivity index (χ2v) is 3.23. The molecular weight excluding hydrogens is 226 g/mol. The molecule has 5 atom stereocenters. The maximum absolute atomic E-state index is 10.1. The number of carbonyl (C=O) groups is 1. The summed E-state index contributed by atoms with van der Waals surface area (Å²) in [5.41, 5.74) is 0. The highest BCUT2D eigenvalue weighted by Gasteiger charge is 2.47. The van der Waals surface area contributed by atoms with Crippen LogP contribution >= 0.6 is 0 Å². The van der Waals surface area contributed by atoms with Crippen LogP contribution in [-0.4, -0.2) is 63.9 Å². The van der Waals surface area contributed by atoms with Gasteiger partial charge in [-0.2, -0.15) is 0 Å². The highest BCUT2D eigenvalue weighted by atomic mass is 16.7. The number of nitrogens with two attached hydrogens (primary N) is 1. The third-order valence-corrected chi connectivity index (χ3v) is 2.16. The molecule has 1 aliphatic heterocycles. The van der Waals surface area contributed by atoms with Crippen LogP contribution in [0.2, 0.25) is 0 Å². The Bertz CT molecular complexity index is 249. The number of aliphatic hydroxyl groups is 3. The van der Waals surface area contributed by atoms with Gasteiger partial charge in [-0.3, -0.25) is 4.84 Å². The van der Waals surface area contributed by atoms with E-state index in [0.717, 1.165) is 0 Å². The summed E-state index contributed by atoms with van der Waals surface area (Å²) in [5, 5.41) is 36.3. The van der Waals surface area contributed by atoms with E-state index >= 15 is 0 Å². The molecule has 0 amide bonds. The largest absolute Gasteiger partial charge is 0.505 e. The van der Waals surface area contributed by atoms with E-state index in [0.29, 0.717) is 0 Å². The minimum absolute atomic E-state index is 0.596. The van der Waals surface area contributed by atoms with E-state index < -0.39 is 43.5 Å². The average Bonchev–Trinajstić information content (AvgIpc) is 2.50. The van der Waals surface area contributed by atoms with E-state index in [1.807, 2.05) is 0 Å². The van der Waals surface area contributed by atoms with Crippen LogP contribution in [-0.2, 0) is 14.3 Å². The van der Waals surface area contributed by atoms with Crippen LogP contribution < -0.4 is 5.90 Å². The Labute approximate surface area is 89.9 Å². The molecule has 0 bridgehead atoms. The molecule has 1 rings (SSSR count). The zero-order valence-electron chi connectivity index (χ0n) is 8.09. The lowest BCUT2D eigenvalue weighted by atomic mass is 10.1. The van der Waals surface area contributed by atoms with Crippen molar-refractivity contribution in [2.75, 3.05) is 6.61 Å². The summed E-state index contributed by atoms with van der Waals surface area (Å²) in [4.78, 5) is 14.3. The summed E-state index contributed by atoms with van der Waals surface area (Å²) >= 11 is 0. The first-order valence-electron chi connectivity index (χ1n) is 4.38. The molecule has 1 heterocycles. The molecule has 16 heavy (non-hydrogen) atoms. The summed E-state index contributed by atoms with van der Waals surface area (Å²) in [6.45, 7) is -0.596. The smallest absolute Gasteiger partial charge is 0.450 e. The van der Waals surface area contributed by atoms with Gasteiger partial charge in [-0.15, -0.1) is 0 Å². The third-order valence-electron chi connectivity index (χ3n) is 2.16. The molecule has 0 radical (unpaired) electrons. The molecule has 94 valence electrons. The van der Waals surface area contributed by atoms with Crippen LogP contribution in [0.3, 0.4) is 0 Å². The van der Waals surface area contributed by atoms with Gasteiger partial charge in [0.15, 0.2) is 12.4 Å². The molecule has 1 saturated heterocycles. The van der Waals surface area contributed by atoms with Gasteiger partial charge in [-0.05, 0) is 0 Å². The lowest BCUT2D eigenvalue weighted by molar-refractivity contribution is -0.160. The zero-order valence-corrected chi connectivity index (χ0v) is 8.09. The van der Waals surface area contributed by atoms with E-state index in [2.05, 4.69) is 9.57 Å². The quantitative estimate of drug-likeness (QED) is 0.262. The number of rotatable bonds is 4. The van der Waals surface area contributed by atoms with Crippen molar-refractivity contribution in [3.63, 3.8) is 0 Å². The van der Waals surface area contributed by atoms with E-state index in [1.54, 1.807) is 0 Å². The average molecular weight is 239 g/mol. The molecule has 9 heteroatoms. The number of hydrogen-bond acceptors (Lipinski definition) is 8. The van der Waals surface area contributed by atoms with Crippen molar-refractivity contribution in [2.24, 2.45) is 5.90 Å². The fourth-order valence-electron chi connectivity index (χ4n) is 1.39. The first kappa shape index (κ1) is 13.1. The van der Waals surface area contributed by atoms with Crippen LogP contribution in [0.4, 0.5) is 4.79 Å². The van der Waals surface area contributed by atoms with Crippen molar-refractivity contribution in [2.45, 2.75) is 30.7 Å². The van der Waals surface area contributed by atoms with Gasteiger partial charge < -0.3 is 29.9 Å². The third kappa shape index (κ3) is 2.78. The highest BCUT2D eigenvalue weighted by molar-refractivity contribution is 5.56.